The minimum absolute atomic E-state index is 0.0463. The molecule has 108 valence electrons. The van der Waals surface area contributed by atoms with E-state index in [0.717, 1.165) is 6.42 Å². The fourth-order valence-corrected chi connectivity index (χ4v) is 1.62. The summed E-state index contributed by atoms with van der Waals surface area (Å²) in [5.74, 6) is -0.0268. The molecule has 0 spiro atoms. The number of hydroxylamine groups is 2. The number of esters is 1. The number of aromatic nitrogens is 4. The van der Waals surface area contributed by atoms with Gasteiger partial charge < -0.3 is 4.74 Å². The topological polar surface area (TPSA) is 90.1 Å². The van der Waals surface area contributed by atoms with Gasteiger partial charge in [0.25, 0.3) is 0 Å². The molecule has 2 aromatic heterocycles. The summed E-state index contributed by atoms with van der Waals surface area (Å²) < 4.78 is 6.23. The third-order valence-corrected chi connectivity index (χ3v) is 2.65. The third kappa shape index (κ3) is 3.09. The van der Waals surface area contributed by atoms with Crippen molar-refractivity contribution in [2.24, 2.45) is 0 Å². The first-order valence-electron chi connectivity index (χ1n) is 6.32. The number of carbonyl (C=O) groups excluding carboxylic acids is 1. The molecule has 0 radical (unpaired) electrons. The van der Waals surface area contributed by atoms with Crippen LogP contribution in [0.5, 0.6) is 0 Å². The minimum Gasteiger partial charge on any atom is -0.444 e. The third-order valence-electron chi connectivity index (χ3n) is 2.65. The number of hydrogen-bond acceptors (Lipinski definition) is 6. The molecule has 0 atom stereocenters. The number of fused-ring (bicyclic) bond motifs is 1. The molecule has 0 bridgehead atoms. The molecule has 2 rings (SSSR count). The number of imidazole rings is 1. The monoisotopic (exact) mass is 280 g/mol. The van der Waals surface area contributed by atoms with Gasteiger partial charge in [0.15, 0.2) is 12.4 Å². The highest BCUT2D eigenvalue weighted by atomic mass is 16.5. The molecular weight excluding hydrogens is 262 g/mol. The summed E-state index contributed by atoms with van der Waals surface area (Å²) in [5.41, 5.74) is 1.09. The normalized spacial score (nSPS) is 11.8. The molecule has 8 heteroatoms. The standard InChI is InChI=1S/C12H18N5O3/c1-4-5-10(18)20-8-16-7-14-9-6-13-12(15-11(9)16)17(2,3)19/h6-7,19H,4-5,8H2,1-3H3/q+1. The Hall–Kier alpha value is -2.06. The molecule has 0 saturated carbocycles. The van der Waals surface area contributed by atoms with Crippen LogP contribution in [0.1, 0.15) is 19.8 Å². The van der Waals surface area contributed by atoms with Crippen LogP contribution in [0.4, 0.5) is 5.95 Å². The van der Waals surface area contributed by atoms with Gasteiger partial charge in [0, 0.05) is 6.42 Å². The summed E-state index contributed by atoms with van der Waals surface area (Å²) >= 11 is 0. The quantitative estimate of drug-likeness (QED) is 0.501. The van der Waals surface area contributed by atoms with Crippen LogP contribution >= 0.6 is 0 Å². The molecule has 0 unspecified atom stereocenters. The van der Waals surface area contributed by atoms with Gasteiger partial charge in [0.2, 0.25) is 0 Å². The molecule has 0 aliphatic carbocycles. The fourth-order valence-electron chi connectivity index (χ4n) is 1.62. The first-order chi connectivity index (χ1) is 9.41. The minimum atomic E-state index is -0.489. The number of quaternary nitrogens is 1. The molecule has 0 aromatic carbocycles. The Balaban J connectivity index is 2.23. The van der Waals surface area contributed by atoms with Crippen molar-refractivity contribution in [1.82, 2.24) is 24.2 Å². The van der Waals surface area contributed by atoms with E-state index in [2.05, 4.69) is 15.0 Å². The zero-order chi connectivity index (χ0) is 14.8. The van der Waals surface area contributed by atoms with Crippen molar-refractivity contribution in [3.63, 3.8) is 0 Å². The first kappa shape index (κ1) is 14.4. The Morgan fingerprint density at radius 2 is 2.20 bits per heavy atom. The molecule has 2 heterocycles. The summed E-state index contributed by atoms with van der Waals surface area (Å²) in [6.07, 6.45) is 4.18. The largest absolute Gasteiger partial charge is 0.444 e. The first-order valence-corrected chi connectivity index (χ1v) is 6.32. The second kappa shape index (κ2) is 5.51. The SMILES string of the molecule is CCCC(=O)OCn1cnc2cnc([N+](C)(C)O)nc21. The Kier molecular flexibility index (Phi) is 3.96. The van der Waals surface area contributed by atoms with E-state index < -0.39 is 4.65 Å². The van der Waals surface area contributed by atoms with Crippen LogP contribution in [0.3, 0.4) is 0 Å². The van der Waals surface area contributed by atoms with Crippen LogP contribution < -0.4 is 4.65 Å². The maximum atomic E-state index is 11.4. The van der Waals surface area contributed by atoms with E-state index in [0.29, 0.717) is 17.6 Å². The van der Waals surface area contributed by atoms with Crippen LogP contribution in [0.25, 0.3) is 11.2 Å². The van der Waals surface area contributed by atoms with Gasteiger partial charge in [-0.2, -0.15) is 9.97 Å². The number of hydrogen-bond donors (Lipinski definition) is 1. The zero-order valence-electron chi connectivity index (χ0n) is 11.8. The van der Waals surface area contributed by atoms with Crippen molar-refractivity contribution in [3.05, 3.63) is 12.5 Å². The summed E-state index contributed by atoms with van der Waals surface area (Å²) in [5, 5.41) is 9.86. The Morgan fingerprint density at radius 1 is 1.45 bits per heavy atom. The molecular formula is C12H18N5O3+. The van der Waals surface area contributed by atoms with Gasteiger partial charge in [-0.3, -0.25) is 9.36 Å². The molecule has 0 fully saturated rings. The van der Waals surface area contributed by atoms with Crippen LogP contribution in [0.2, 0.25) is 0 Å². The van der Waals surface area contributed by atoms with Gasteiger partial charge in [0.05, 0.1) is 12.5 Å². The second-order valence-electron chi connectivity index (χ2n) is 4.88. The highest BCUT2D eigenvalue weighted by Crippen LogP contribution is 2.15. The van der Waals surface area contributed by atoms with Gasteiger partial charge in [0.1, 0.15) is 19.6 Å². The number of carbonyl (C=O) groups is 1. The smallest absolute Gasteiger partial charge is 0.363 e. The van der Waals surface area contributed by atoms with E-state index in [4.69, 9.17) is 4.74 Å². The maximum Gasteiger partial charge on any atom is 0.363 e. The van der Waals surface area contributed by atoms with Crippen LogP contribution in [0, 0.1) is 0 Å². The lowest BCUT2D eigenvalue weighted by molar-refractivity contribution is -0.147. The van der Waals surface area contributed by atoms with Gasteiger partial charge >= 0.3 is 11.9 Å². The molecule has 1 N–H and O–H groups in total. The van der Waals surface area contributed by atoms with Crippen LogP contribution in [-0.4, -0.2) is 44.8 Å². The van der Waals surface area contributed by atoms with Crippen LogP contribution in [-0.2, 0) is 16.3 Å². The molecule has 20 heavy (non-hydrogen) atoms. The molecule has 0 saturated heterocycles. The van der Waals surface area contributed by atoms with E-state index in [1.165, 1.54) is 12.5 Å². The summed E-state index contributed by atoms with van der Waals surface area (Å²) in [4.78, 5) is 23.8. The zero-order valence-corrected chi connectivity index (χ0v) is 11.8. The molecule has 0 amide bonds. The van der Waals surface area contributed by atoms with E-state index in [9.17, 15) is 10.0 Å². The molecule has 8 nitrogen and oxygen atoms in total. The summed E-state index contributed by atoms with van der Waals surface area (Å²) in [6, 6.07) is 0. The Bertz CT molecular complexity index is 617. The molecule has 0 aliphatic rings. The number of nitrogens with zero attached hydrogens (tertiary/aromatic N) is 5. The summed E-state index contributed by atoms with van der Waals surface area (Å²) in [6.45, 7) is 1.96. The average Bonchev–Trinajstić information content (AvgIpc) is 2.78. The highest BCUT2D eigenvalue weighted by molar-refractivity contribution is 5.71. The molecule has 0 aliphatic heterocycles. The summed E-state index contributed by atoms with van der Waals surface area (Å²) in [7, 11) is 3.09. The lowest BCUT2D eigenvalue weighted by Crippen LogP contribution is -2.37. The van der Waals surface area contributed by atoms with E-state index in [1.807, 2.05) is 6.92 Å². The van der Waals surface area contributed by atoms with Crippen molar-refractivity contribution < 1.29 is 14.7 Å². The second-order valence-corrected chi connectivity index (χ2v) is 4.88. The van der Waals surface area contributed by atoms with Gasteiger partial charge in [-0.1, -0.05) is 6.92 Å². The van der Waals surface area contributed by atoms with Crippen molar-refractivity contribution in [2.45, 2.75) is 26.5 Å². The number of rotatable bonds is 5. The van der Waals surface area contributed by atoms with Crippen molar-refractivity contribution in [2.75, 3.05) is 14.1 Å². The maximum absolute atomic E-state index is 11.4. The highest BCUT2D eigenvalue weighted by Gasteiger charge is 2.21. The number of ether oxygens (including phenoxy) is 1. The van der Waals surface area contributed by atoms with Crippen LogP contribution in [0.15, 0.2) is 12.5 Å². The fraction of sp³-hybridized carbons (Fsp3) is 0.500. The Labute approximate surface area is 116 Å². The predicted molar refractivity (Wildman–Crippen MR) is 71.8 cm³/mol. The lowest BCUT2D eigenvalue weighted by atomic mass is 10.3. The van der Waals surface area contributed by atoms with Gasteiger partial charge in [-0.25, -0.2) is 10.2 Å². The van der Waals surface area contributed by atoms with E-state index >= 15 is 0 Å². The lowest BCUT2D eigenvalue weighted by Gasteiger charge is -2.15. The average molecular weight is 280 g/mol. The van der Waals surface area contributed by atoms with E-state index in [-0.39, 0.29) is 18.6 Å². The van der Waals surface area contributed by atoms with E-state index in [1.54, 1.807) is 18.7 Å². The van der Waals surface area contributed by atoms with Gasteiger partial charge in [-0.05, 0) is 6.42 Å². The Morgan fingerprint density at radius 3 is 2.85 bits per heavy atom. The van der Waals surface area contributed by atoms with Gasteiger partial charge in [-0.15, -0.1) is 4.65 Å². The predicted octanol–water partition coefficient (Wildman–Crippen LogP) is 1.08. The van der Waals surface area contributed by atoms with Crippen molar-refractivity contribution >= 4 is 23.1 Å². The van der Waals surface area contributed by atoms with Crippen molar-refractivity contribution in [3.8, 4) is 0 Å². The van der Waals surface area contributed by atoms with Crippen molar-refractivity contribution in [1.29, 1.82) is 0 Å². The molecule has 2 aromatic rings.